The zero-order chi connectivity index (χ0) is 15.2. The molecule has 2 aromatic rings. The monoisotopic (exact) mass is 309 g/mol. The number of hydrogen-bond donors (Lipinski definition) is 3. The van der Waals surface area contributed by atoms with E-state index in [1.165, 1.54) is 23.5 Å². The number of benzene rings is 1. The zero-order valence-electron chi connectivity index (χ0n) is 11.5. The van der Waals surface area contributed by atoms with Crippen molar-refractivity contribution in [3.63, 3.8) is 0 Å². The lowest BCUT2D eigenvalue weighted by Gasteiger charge is -2.13. The third kappa shape index (κ3) is 4.51. The van der Waals surface area contributed by atoms with Crippen LogP contribution in [0.4, 0.5) is 9.18 Å². The van der Waals surface area contributed by atoms with Crippen molar-refractivity contribution in [2.24, 2.45) is 0 Å². The average Bonchev–Trinajstić information content (AvgIpc) is 2.89. The highest BCUT2D eigenvalue weighted by atomic mass is 32.1. The number of aliphatic hydroxyl groups is 1. The van der Waals surface area contributed by atoms with Crippen molar-refractivity contribution in [2.45, 2.75) is 19.6 Å². The van der Waals surface area contributed by atoms with E-state index in [0.29, 0.717) is 6.54 Å². The maximum Gasteiger partial charge on any atom is 0.315 e. The first-order valence-corrected chi connectivity index (χ1v) is 7.23. The molecule has 0 fully saturated rings. The number of nitrogens with one attached hydrogen (secondary N) is 2. The number of halogens is 1. The van der Waals surface area contributed by atoms with Gasteiger partial charge in [-0.3, -0.25) is 0 Å². The number of carbonyl (C=O) groups excluding carboxylic acids is 1. The Labute approximate surface area is 125 Å². The lowest BCUT2D eigenvalue weighted by molar-refractivity contribution is 0.169. The molecule has 21 heavy (non-hydrogen) atoms. The Hall–Kier alpha value is -1.99. The molecule has 0 bridgehead atoms. The fourth-order valence-electron chi connectivity index (χ4n) is 1.76. The topological polar surface area (TPSA) is 74.2 Å². The molecule has 3 N–H and O–H groups in total. The van der Waals surface area contributed by atoms with Gasteiger partial charge in [-0.05, 0) is 13.0 Å². The zero-order valence-corrected chi connectivity index (χ0v) is 12.3. The number of aryl methyl sites for hydroxylation is 1. The summed E-state index contributed by atoms with van der Waals surface area (Å²) in [5.74, 6) is -0.493. The number of urea groups is 1. The number of carbonyl (C=O) groups is 1. The Balaban J connectivity index is 1.77. The molecule has 0 aliphatic rings. The van der Waals surface area contributed by atoms with E-state index in [9.17, 15) is 14.3 Å². The molecule has 0 aliphatic carbocycles. The minimum absolute atomic E-state index is 0.0610. The molecule has 0 saturated carbocycles. The maximum atomic E-state index is 13.4. The molecule has 2 amide bonds. The quantitative estimate of drug-likeness (QED) is 0.792. The molecule has 1 atom stereocenters. The van der Waals surface area contributed by atoms with Crippen LogP contribution in [-0.2, 0) is 6.54 Å². The molecule has 0 radical (unpaired) electrons. The summed E-state index contributed by atoms with van der Waals surface area (Å²) in [6, 6.07) is 5.51. The van der Waals surface area contributed by atoms with E-state index in [-0.39, 0.29) is 12.1 Å². The van der Waals surface area contributed by atoms with Gasteiger partial charge in [0.25, 0.3) is 0 Å². The van der Waals surface area contributed by atoms with Crippen LogP contribution in [0.3, 0.4) is 0 Å². The Bertz CT molecular complexity index is 618. The molecule has 7 heteroatoms. The van der Waals surface area contributed by atoms with Crippen LogP contribution >= 0.6 is 11.3 Å². The van der Waals surface area contributed by atoms with E-state index in [0.717, 1.165) is 9.88 Å². The van der Waals surface area contributed by atoms with Crippen LogP contribution in [0.1, 0.15) is 21.6 Å². The second-order valence-corrected chi connectivity index (χ2v) is 5.77. The fraction of sp³-hybridized carbons (Fsp3) is 0.286. The molecule has 5 nitrogen and oxygen atoms in total. The van der Waals surface area contributed by atoms with E-state index in [2.05, 4.69) is 15.6 Å². The van der Waals surface area contributed by atoms with Gasteiger partial charge < -0.3 is 15.7 Å². The van der Waals surface area contributed by atoms with Gasteiger partial charge in [0.15, 0.2) is 0 Å². The van der Waals surface area contributed by atoms with Gasteiger partial charge in [0, 0.05) is 23.2 Å². The number of hydrogen-bond acceptors (Lipinski definition) is 4. The summed E-state index contributed by atoms with van der Waals surface area (Å²) >= 11 is 1.50. The van der Waals surface area contributed by atoms with Crippen LogP contribution in [0.25, 0.3) is 0 Å². The van der Waals surface area contributed by atoms with Crippen molar-refractivity contribution in [3.05, 3.63) is 51.7 Å². The second-order valence-electron chi connectivity index (χ2n) is 4.45. The van der Waals surface area contributed by atoms with Crippen LogP contribution in [0.2, 0.25) is 0 Å². The molecule has 1 unspecified atom stereocenters. The Morgan fingerprint density at radius 3 is 2.86 bits per heavy atom. The molecule has 112 valence electrons. The van der Waals surface area contributed by atoms with E-state index in [1.54, 1.807) is 18.3 Å². The Morgan fingerprint density at radius 2 is 2.19 bits per heavy atom. The van der Waals surface area contributed by atoms with Gasteiger partial charge in [0.05, 0.1) is 17.7 Å². The van der Waals surface area contributed by atoms with Gasteiger partial charge in [-0.2, -0.15) is 0 Å². The van der Waals surface area contributed by atoms with E-state index in [4.69, 9.17) is 0 Å². The summed E-state index contributed by atoms with van der Waals surface area (Å²) < 4.78 is 13.4. The van der Waals surface area contributed by atoms with E-state index >= 15 is 0 Å². The van der Waals surface area contributed by atoms with Gasteiger partial charge in [-0.1, -0.05) is 18.2 Å². The van der Waals surface area contributed by atoms with Crippen LogP contribution < -0.4 is 10.6 Å². The van der Waals surface area contributed by atoms with Gasteiger partial charge in [-0.15, -0.1) is 11.3 Å². The Morgan fingerprint density at radius 1 is 1.43 bits per heavy atom. The summed E-state index contributed by atoms with van der Waals surface area (Å²) in [6.07, 6.45) is 0.622. The van der Waals surface area contributed by atoms with Crippen molar-refractivity contribution in [3.8, 4) is 0 Å². The second kappa shape index (κ2) is 7.14. The highest BCUT2D eigenvalue weighted by Gasteiger charge is 2.13. The minimum atomic E-state index is -1.08. The van der Waals surface area contributed by atoms with Crippen LogP contribution in [0.15, 0.2) is 30.5 Å². The van der Waals surface area contributed by atoms with Crippen LogP contribution in [-0.4, -0.2) is 22.7 Å². The summed E-state index contributed by atoms with van der Waals surface area (Å²) in [7, 11) is 0. The van der Waals surface area contributed by atoms with Crippen molar-refractivity contribution in [1.29, 1.82) is 0 Å². The van der Waals surface area contributed by atoms with Crippen LogP contribution in [0, 0.1) is 12.7 Å². The van der Waals surface area contributed by atoms with Crippen molar-refractivity contribution >= 4 is 17.4 Å². The lowest BCUT2D eigenvalue weighted by Crippen LogP contribution is -2.37. The molecule has 0 aliphatic heterocycles. The van der Waals surface area contributed by atoms with Crippen molar-refractivity contribution < 1.29 is 14.3 Å². The third-order valence-corrected chi connectivity index (χ3v) is 3.73. The number of aromatic nitrogens is 1. The van der Waals surface area contributed by atoms with Gasteiger partial charge in [0.1, 0.15) is 5.82 Å². The lowest BCUT2D eigenvalue weighted by atomic mass is 10.1. The summed E-state index contributed by atoms with van der Waals surface area (Å²) in [5, 5.41) is 15.9. The number of aliphatic hydroxyl groups excluding tert-OH is 1. The first kappa shape index (κ1) is 15.4. The van der Waals surface area contributed by atoms with Gasteiger partial charge in [-0.25, -0.2) is 14.2 Å². The van der Waals surface area contributed by atoms with Crippen molar-refractivity contribution in [1.82, 2.24) is 15.6 Å². The molecule has 0 saturated heterocycles. The molecule has 1 aromatic heterocycles. The molecule has 2 rings (SSSR count). The highest BCUT2D eigenvalue weighted by molar-refractivity contribution is 7.11. The molecule has 1 aromatic carbocycles. The number of amides is 2. The average molecular weight is 309 g/mol. The predicted octanol–water partition coefficient (Wildman–Crippen LogP) is 2.12. The molecule has 0 spiro atoms. The van der Waals surface area contributed by atoms with Crippen molar-refractivity contribution in [2.75, 3.05) is 6.54 Å². The first-order valence-electron chi connectivity index (χ1n) is 6.41. The SMILES string of the molecule is Cc1ncc(CNC(=O)NCC(O)c2ccccc2F)s1. The third-order valence-electron chi connectivity index (χ3n) is 2.81. The Kier molecular flexibility index (Phi) is 5.24. The first-order chi connectivity index (χ1) is 10.1. The predicted molar refractivity (Wildman–Crippen MR) is 78.4 cm³/mol. The summed E-state index contributed by atoms with van der Waals surface area (Å²) in [6.45, 7) is 2.20. The van der Waals surface area contributed by atoms with Gasteiger partial charge >= 0.3 is 6.03 Å². The largest absolute Gasteiger partial charge is 0.386 e. The summed E-state index contributed by atoms with van der Waals surface area (Å²) in [5.41, 5.74) is 0.163. The van der Waals surface area contributed by atoms with E-state index in [1.807, 2.05) is 6.92 Å². The number of rotatable bonds is 5. The molecular weight excluding hydrogens is 293 g/mol. The van der Waals surface area contributed by atoms with E-state index < -0.39 is 18.0 Å². The highest BCUT2D eigenvalue weighted by Crippen LogP contribution is 2.15. The minimum Gasteiger partial charge on any atom is -0.386 e. The van der Waals surface area contributed by atoms with Crippen LogP contribution in [0.5, 0.6) is 0 Å². The summed E-state index contributed by atoms with van der Waals surface area (Å²) in [4.78, 5) is 16.6. The molecule has 1 heterocycles. The normalized spacial score (nSPS) is 12.0. The fourth-order valence-corrected chi connectivity index (χ4v) is 2.50. The number of nitrogens with zero attached hydrogens (tertiary/aromatic N) is 1. The van der Waals surface area contributed by atoms with Gasteiger partial charge in [0.2, 0.25) is 0 Å². The maximum absolute atomic E-state index is 13.4. The smallest absolute Gasteiger partial charge is 0.315 e. The number of thiazole rings is 1. The molecular formula is C14H16FN3O2S. The standard InChI is InChI=1S/C14H16FN3O2S/c1-9-16-6-10(21-9)7-17-14(20)18-8-13(19)11-4-2-3-5-12(11)15/h2-6,13,19H,7-8H2,1H3,(H2,17,18,20).